The van der Waals surface area contributed by atoms with Crippen LogP contribution in [0.5, 0.6) is 0 Å². The van der Waals surface area contributed by atoms with Crippen LogP contribution in [0.1, 0.15) is 43.2 Å². The molecule has 0 fully saturated rings. The van der Waals surface area contributed by atoms with Gasteiger partial charge in [-0.2, -0.15) is 0 Å². The minimum Gasteiger partial charge on any atom is -0.325 e. The molecular weight excluding hydrogens is 459 g/mol. The van der Waals surface area contributed by atoms with E-state index in [9.17, 15) is 4.79 Å². The van der Waals surface area contributed by atoms with Gasteiger partial charge in [-0.15, -0.1) is 21.5 Å². The third kappa shape index (κ3) is 4.54. The van der Waals surface area contributed by atoms with Gasteiger partial charge in [-0.25, -0.2) is 0 Å². The van der Waals surface area contributed by atoms with Crippen LogP contribution in [0.4, 0.5) is 5.69 Å². The average Bonchev–Trinajstić information content (AvgIpc) is 3.33. The number of halogens is 2. The first-order valence-corrected chi connectivity index (χ1v) is 12.5. The lowest BCUT2D eigenvalue weighted by Crippen LogP contribution is -2.15. The molecule has 0 saturated heterocycles. The van der Waals surface area contributed by atoms with E-state index < -0.39 is 0 Å². The number of nitrogens with one attached hydrogen (secondary N) is 1. The SMILES string of the molecule is CC(C)n1c(SCC(=O)Nc2ccc(Cl)c(Cl)c2)nnc1-c1csc2c1CCCC2. The molecule has 0 bridgehead atoms. The molecule has 0 saturated carbocycles. The maximum absolute atomic E-state index is 12.4. The van der Waals surface area contributed by atoms with Crippen LogP contribution in [0.15, 0.2) is 28.7 Å². The van der Waals surface area contributed by atoms with Crippen LogP contribution in [-0.2, 0) is 17.6 Å². The van der Waals surface area contributed by atoms with E-state index in [1.807, 2.05) is 11.3 Å². The zero-order chi connectivity index (χ0) is 21.3. The number of thioether (sulfide) groups is 1. The summed E-state index contributed by atoms with van der Waals surface area (Å²) in [4.78, 5) is 13.9. The largest absolute Gasteiger partial charge is 0.325 e. The highest BCUT2D eigenvalue weighted by atomic mass is 35.5. The van der Waals surface area contributed by atoms with Gasteiger partial charge in [-0.05, 0) is 63.3 Å². The number of thiophene rings is 1. The lowest BCUT2D eigenvalue weighted by molar-refractivity contribution is -0.113. The minimum atomic E-state index is -0.133. The molecule has 0 radical (unpaired) electrons. The molecule has 0 aliphatic heterocycles. The zero-order valence-corrected chi connectivity index (χ0v) is 19.9. The lowest BCUT2D eigenvalue weighted by Gasteiger charge is -2.16. The lowest BCUT2D eigenvalue weighted by atomic mass is 9.95. The third-order valence-corrected chi connectivity index (χ3v) is 7.79. The molecule has 1 N–H and O–H groups in total. The van der Waals surface area contributed by atoms with Crippen molar-refractivity contribution in [3.05, 3.63) is 44.1 Å². The van der Waals surface area contributed by atoms with Crippen molar-refractivity contribution in [3.63, 3.8) is 0 Å². The smallest absolute Gasteiger partial charge is 0.234 e. The Morgan fingerprint density at radius 3 is 2.80 bits per heavy atom. The minimum absolute atomic E-state index is 0.133. The fourth-order valence-corrected chi connectivity index (χ4v) is 5.90. The van der Waals surface area contributed by atoms with E-state index in [0.29, 0.717) is 15.7 Å². The van der Waals surface area contributed by atoms with Crippen LogP contribution in [0.25, 0.3) is 11.4 Å². The Bertz CT molecular complexity index is 1080. The first kappa shape index (κ1) is 21.7. The maximum Gasteiger partial charge on any atom is 0.234 e. The van der Waals surface area contributed by atoms with Gasteiger partial charge in [-0.3, -0.25) is 9.36 Å². The number of aromatic nitrogens is 3. The van der Waals surface area contributed by atoms with Crippen LogP contribution < -0.4 is 5.32 Å². The Hall–Kier alpha value is -1.54. The molecule has 2 heterocycles. The van der Waals surface area contributed by atoms with Gasteiger partial charge in [0.25, 0.3) is 0 Å². The molecule has 9 heteroatoms. The summed E-state index contributed by atoms with van der Waals surface area (Å²) in [6, 6.07) is 5.22. The molecule has 0 spiro atoms. The molecule has 1 aromatic carbocycles. The monoisotopic (exact) mass is 480 g/mol. The van der Waals surface area contributed by atoms with E-state index in [2.05, 4.69) is 39.3 Å². The van der Waals surface area contributed by atoms with Gasteiger partial charge in [0.2, 0.25) is 5.91 Å². The average molecular weight is 481 g/mol. The number of amides is 1. The van der Waals surface area contributed by atoms with Crippen molar-refractivity contribution in [2.24, 2.45) is 0 Å². The molecule has 1 aliphatic rings. The van der Waals surface area contributed by atoms with Crippen LogP contribution in [0, 0.1) is 0 Å². The second-order valence-corrected chi connectivity index (χ2v) is 10.2. The van der Waals surface area contributed by atoms with Crippen LogP contribution in [0.3, 0.4) is 0 Å². The van der Waals surface area contributed by atoms with Crippen LogP contribution in [0.2, 0.25) is 10.0 Å². The Kier molecular flexibility index (Phi) is 6.72. The summed E-state index contributed by atoms with van der Waals surface area (Å²) in [5, 5.41) is 15.6. The summed E-state index contributed by atoms with van der Waals surface area (Å²) in [7, 11) is 0. The van der Waals surface area contributed by atoms with E-state index in [-0.39, 0.29) is 17.7 Å². The first-order valence-electron chi connectivity index (χ1n) is 9.86. The summed E-state index contributed by atoms with van der Waals surface area (Å²) < 4.78 is 2.13. The van der Waals surface area contributed by atoms with Gasteiger partial charge in [0.05, 0.1) is 15.8 Å². The third-order valence-electron chi connectivity index (χ3n) is 5.02. The molecule has 5 nitrogen and oxygen atoms in total. The molecule has 0 atom stereocenters. The Labute approximate surface area is 194 Å². The molecule has 30 heavy (non-hydrogen) atoms. The normalized spacial score (nSPS) is 13.5. The Morgan fingerprint density at radius 2 is 2.03 bits per heavy atom. The highest BCUT2D eigenvalue weighted by molar-refractivity contribution is 7.99. The number of hydrogen-bond donors (Lipinski definition) is 1. The number of carbonyl (C=O) groups is 1. The van der Waals surface area contributed by atoms with E-state index in [0.717, 1.165) is 23.8 Å². The standard InChI is InChI=1S/C21H22Cl2N4OS2/c1-12(2)27-20(15-10-29-18-6-4-3-5-14(15)18)25-26-21(27)30-11-19(28)24-13-7-8-16(22)17(23)9-13/h7-10,12H,3-6,11H2,1-2H3,(H,24,28). The molecule has 0 unspecified atom stereocenters. The maximum atomic E-state index is 12.4. The molecule has 1 aliphatic carbocycles. The molecular formula is C21H22Cl2N4OS2. The number of anilines is 1. The van der Waals surface area contributed by atoms with E-state index >= 15 is 0 Å². The van der Waals surface area contributed by atoms with Crippen LogP contribution >= 0.6 is 46.3 Å². The molecule has 1 amide bonds. The van der Waals surface area contributed by atoms with E-state index in [4.69, 9.17) is 23.2 Å². The molecule has 2 aromatic heterocycles. The quantitative estimate of drug-likeness (QED) is 0.408. The fourth-order valence-electron chi connectivity index (χ4n) is 3.61. The summed E-state index contributed by atoms with van der Waals surface area (Å²) in [6.07, 6.45) is 4.75. The number of benzene rings is 1. The number of aryl methyl sites for hydroxylation is 1. The van der Waals surface area contributed by atoms with Crippen molar-refractivity contribution in [2.45, 2.75) is 50.7 Å². The second kappa shape index (κ2) is 9.30. The Balaban J connectivity index is 1.50. The van der Waals surface area contributed by atoms with Crippen molar-refractivity contribution >= 4 is 57.9 Å². The van der Waals surface area contributed by atoms with E-state index in [1.165, 1.54) is 40.6 Å². The van der Waals surface area contributed by atoms with Crippen molar-refractivity contribution < 1.29 is 4.79 Å². The first-order chi connectivity index (χ1) is 14.4. The van der Waals surface area contributed by atoms with Crippen molar-refractivity contribution in [2.75, 3.05) is 11.1 Å². The molecule has 3 aromatic rings. The summed E-state index contributed by atoms with van der Waals surface area (Å²) >= 11 is 15.2. The van der Waals surface area contributed by atoms with Gasteiger partial charge >= 0.3 is 0 Å². The van der Waals surface area contributed by atoms with Crippen molar-refractivity contribution in [3.8, 4) is 11.4 Å². The fraction of sp³-hybridized carbons (Fsp3) is 0.381. The number of rotatable bonds is 6. The summed E-state index contributed by atoms with van der Waals surface area (Å²) in [5.74, 6) is 0.996. The van der Waals surface area contributed by atoms with Gasteiger partial charge in [0.1, 0.15) is 0 Å². The second-order valence-electron chi connectivity index (χ2n) is 7.49. The highest BCUT2D eigenvalue weighted by Crippen LogP contribution is 2.38. The molecule has 158 valence electrons. The predicted octanol–water partition coefficient (Wildman–Crippen LogP) is 6.50. The van der Waals surface area contributed by atoms with Crippen molar-refractivity contribution in [1.82, 2.24) is 14.8 Å². The predicted molar refractivity (Wildman–Crippen MR) is 126 cm³/mol. The number of hydrogen-bond acceptors (Lipinski definition) is 5. The number of fused-ring (bicyclic) bond motifs is 1. The molecule has 4 rings (SSSR count). The number of nitrogens with zero attached hydrogens (tertiary/aromatic N) is 3. The van der Waals surface area contributed by atoms with Gasteiger partial charge in [0, 0.05) is 27.5 Å². The number of carbonyl (C=O) groups excluding carboxylic acids is 1. The van der Waals surface area contributed by atoms with Crippen LogP contribution in [-0.4, -0.2) is 26.4 Å². The Morgan fingerprint density at radius 1 is 1.23 bits per heavy atom. The van der Waals surface area contributed by atoms with Crippen molar-refractivity contribution in [1.29, 1.82) is 0 Å². The topological polar surface area (TPSA) is 59.8 Å². The van der Waals surface area contributed by atoms with Gasteiger partial charge in [0.15, 0.2) is 11.0 Å². The zero-order valence-electron chi connectivity index (χ0n) is 16.7. The summed E-state index contributed by atoms with van der Waals surface area (Å²) in [6.45, 7) is 4.23. The van der Waals surface area contributed by atoms with E-state index in [1.54, 1.807) is 18.2 Å². The summed E-state index contributed by atoms with van der Waals surface area (Å²) in [5.41, 5.74) is 3.24. The van der Waals surface area contributed by atoms with Gasteiger partial charge in [-0.1, -0.05) is 35.0 Å². The van der Waals surface area contributed by atoms with Gasteiger partial charge < -0.3 is 5.32 Å². The highest BCUT2D eigenvalue weighted by Gasteiger charge is 2.23.